The lowest BCUT2D eigenvalue weighted by Gasteiger charge is -2.03. The summed E-state index contributed by atoms with van der Waals surface area (Å²) in [6.07, 6.45) is 19.8. The van der Waals surface area contributed by atoms with E-state index in [0.29, 0.717) is 23.0 Å². The van der Waals surface area contributed by atoms with E-state index in [4.69, 9.17) is 4.42 Å². The third-order valence-electron chi connectivity index (χ3n) is 5.61. The van der Waals surface area contributed by atoms with Crippen LogP contribution in [0.15, 0.2) is 44.8 Å². The van der Waals surface area contributed by atoms with Crippen LogP contribution in [0.25, 0.3) is 11.0 Å². The Morgan fingerprint density at radius 2 is 1.48 bits per heavy atom. The molecule has 1 aromatic carbocycles. The second kappa shape index (κ2) is 15.4. The molecule has 0 atom stereocenters. The fourth-order valence-corrected chi connectivity index (χ4v) is 3.72. The summed E-state index contributed by atoms with van der Waals surface area (Å²) in [6, 6.07) is 7.06. The van der Waals surface area contributed by atoms with Gasteiger partial charge >= 0.3 is 0 Å². The topological polar surface area (TPSA) is 71.7 Å². The molecule has 0 fully saturated rings. The van der Waals surface area contributed by atoms with Gasteiger partial charge in [-0.3, -0.25) is 9.59 Å². The van der Waals surface area contributed by atoms with Crippen molar-refractivity contribution < 1.29 is 9.21 Å². The molecule has 1 N–H and O–H groups in total. The molecule has 5 heteroatoms. The minimum atomic E-state index is -0.156. The van der Waals surface area contributed by atoms with Crippen molar-refractivity contribution in [3.8, 4) is 0 Å². The second-order valence-corrected chi connectivity index (χ2v) is 8.30. The van der Waals surface area contributed by atoms with Gasteiger partial charge in [-0.05, 0) is 18.6 Å². The predicted molar refractivity (Wildman–Crippen MR) is 129 cm³/mol. The zero-order chi connectivity index (χ0) is 22.2. The van der Waals surface area contributed by atoms with Gasteiger partial charge in [0, 0.05) is 6.42 Å². The monoisotopic (exact) mass is 426 g/mol. The number of unbranched alkanes of at least 4 members (excludes halogenated alkanes) is 12. The number of fused-ring (bicyclic) bond motifs is 1. The normalized spacial score (nSPS) is 11.4. The third-order valence-corrected chi connectivity index (χ3v) is 5.61. The van der Waals surface area contributed by atoms with Crippen molar-refractivity contribution in [1.29, 1.82) is 0 Å². The standard InChI is InChI=1S/C26H38N2O3/c1-2-3-4-5-6-7-8-9-10-11-12-13-14-19-25(29)28-27-20-22-21-31-24-18-16-15-17-23(24)26(22)30/h15-18,20-21H,2-14,19H2,1H3,(H,28,29)/b27-20+. The third kappa shape index (κ3) is 9.95. The molecule has 0 bridgehead atoms. The van der Waals surface area contributed by atoms with Gasteiger partial charge in [-0.25, -0.2) is 5.43 Å². The van der Waals surface area contributed by atoms with Gasteiger partial charge in [0.2, 0.25) is 11.3 Å². The van der Waals surface area contributed by atoms with Crippen LogP contribution < -0.4 is 10.9 Å². The van der Waals surface area contributed by atoms with Gasteiger partial charge in [-0.15, -0.1) is 0 Å². The highest BCUT2D eigenvalue weighted by molar-refractivity contribution is 5.87. The Labute approximate surface area is 186 Å². The van der Waals surface area contributed by atoms with Gasteiger partial charge in [-0.1, -0.05) is 96.1 Å². The Hall–Kier alpha value is -2.43. The van der Waals surface area contributed by atoms with E-state index in [-0.39, 0.29) is 11.3 Å². The first-order valence-electron chi connectivity index (χ1n) is 12.0. The van der Waals surface area contributed by atoms with Gasteiger partial charge < -0.3 is 4.42 Å². The number of para-hydroxylation sites is 1. The van der Waals surface area contributed by atoms with Crippen molar-refractivity contribution in [3.63, 3.8) is 0 Å². The molecule has 0 aliphatic rings. The number of rotatable bonds is 16. The Balaban J connectivity index is 1.49. The maximum atomic E-state index is 12.3. The molecule has 2 aromatic rings. The minimum Gasteiger partial charge on any atom is -0.463 e. The van der Waals surface area contributed by atoms with Crippen LogP contribution in [0.3, 0.4) is 0 Å². The fourth-order valence-electron chi connectivity index (χ4n) is 3.72. The summed E-state index contributed by atoms with van der Waals surface area (Å²) in [6.45, 7) is 2.26. The zero-order valence-corrected chi connectivity index (χ0v) is 19.0. The van der Waals surface area contributed by atoms with Crippen molar-refractivity contribution >= 4 is 23.1 Å². The van der Waals surface area contributed by atoms with Crippen LogP contribution in [0.1, 0.15) is 102 Å². The molecule has 170 valence electrons. The highest BCUT2D eigenvalue weighted by Crippen LogP contribution is 2.13. The Kier molecular flexibility index (Phi) is 12.3. The largest absolute Gasteiger partial charge is 0.463 e. The highest BCUT2D eigenvalue weighted by Gasteiger charge is 2.05. The Morgan fingerprint density at radius 3 is 2.13 bits per heavy atom. The number of carbonyl (C=O) groups is 1. The lowest BCUT2D eigenvalue weighted by Crippen LogP contribution is -2.18. The van der Waals surface area contributed by atoms with Crippen LogP contribution in [-0.4, -0.2) is 12.1 Å². The number of carbonyl (C=O) groups excluding carboxylic acids is 1. The molecule has 5 nitrogen and oxygen atoms in total. The number of benzene rings is 1. The molecular formula is C26H38N2O3. The van der Waals surface area contributed by atoms with Crippen LogP contribution in [0, 0.1) is 0 Å². The van der Waals surface area contributed by atoms with Crippen LogP contribution >= 0.6 is 0 Å². The summed E-state index contributed by atoms with van der Waals surface area (Å²) in [5.41, 5.74) is 3.20. The first-order chi connectivity index (χ1) is 15.2. The number of amides is 1. The lowest BCUT2D eigenvalue weighted by atomic mass is 10.0. The summed E-state index contributed by atoms with van der Waals surface area (Å²) in [5.74, 6) is -0.121. The van der Waals surface area contributed by atoms with E-state index < -0.39 is 0 Å². The van der Waals surface area contributed by atoms with Crippen LogP contribution in [0.2, 0.25) is 0 Å². The molecular weight excluding hydrogens is 388 g/mol. The molecule has 0 saturated heterocycles. The number of nitrogens with zero attached hydrogens (tertiary/aromatic N) is 1. The molecule has 0 saturated carbocycles. The quantitative estimate of drug-likeness (QED) is 0.184. The first kappa shape index (κ1) is 24.8. The van der Waals surface area contributed by atoms with E-state index in [1.165, 1.54) is 83.1 Å². The smallest absolute Gasteiger partial charge is 0.240 e. The van der Waals surface area contributed by atoms with Crippen molar-refractivity contribution in [2.75, 3.05) is 0 Å². The van der Waals surface area contributed by atoms with Gasteiger partial charge in [0.1, 0.15) is 11.8 Å². The van der Waals surface area contributed by atoms with E-state index in [2.05, 4.69) is 17.5 Å². The highest BCUT2D eigenvalue weighted by atomic mass is 16.3. The number of hydrogen-bond donors (Lipinski definition) is 1. The summed E-state index contributed by atoms with van der Waals surface area (Å²) in [4.78, 5) is 24.3. The number of hydrogen-bond acceptors (Lipinski definition) is 4. The predicted octanol–water partition coefficient (Wildman–Crippen LogP) is 6.72. The summed E-state index contributed by atoms with van der Waals surface area (Å²) in [5, 5.41) is 4.41. The van der Waals surface area contributed by atoms with Gasteiger partial charge in [0.05, 0.1) is 17.2 Å². The van der Waals surface area contributed by atoms with E-state index in [1.54, 1.807) is 18.2 Å². The molecule has 31 heavy (non-hydrogen) atoms. The molecule has 0 aliphatic carbocycles. The molecule has 0 radical (unpaired) electrons. The maximum Gasteiger partial charge on any atom is 0.240 e. The molecule has 2 rings (SSSR count). The van der Waals surface area contributed by atoms with Crippen molar-refractivity contribution in [3.05, 3.63) is 46.3 Å². The summed E-state index contributed by atoms with van der Waals surface area (Å²) < 4.78 is 5.43. The molecule has 0 aliphatic heterocycles. The molecule has 0 spiro atoms. The van der Waals surface area contributed by atoms with E-state index >= 15 is 0 Å². The van der Waals surface area contributed by atoms with Crippen LogP contribution in [0.4, 0.5) is 0 Å². The average molecular weight is 427 g/mol. The Morgan fingerprint density at radius 1 is 0.903 bits per heavy atom. The first-order valence-corrected chi connectivity index (χ1v) is 12.0. The van der Waals surface area contributed by atoms with E-state index in [1.807, 2.05) is 6.07 Å². The second-order valence-electron chi connectivity index (χ2n) is 8.30. The Bertz CT molecular complexity index is 857. The van der Waals surface area contributed by atoms with Crippen molar-refractivity contribution in [2.24, 2.45) is 5.10 Å². The van der Waals surface area contributed by atoms with Crippen molar-refractivity contribution in [1.82, 2.24) is 5.43 Å². The fraction of sp³-hybridized carbons (Fsp3) is 0.577. The molecule has 1 amide bonds. The number of nitrogens with one attached hydrogen (secondary N) is 1. The van der Waals surface area contributed by atoms with E-state index in [9.17, 15) is 9.59 Å². The molecule has 1 aromatic heterocycles. The van der Waals surface area contributed by atoms with Gasteiger partial charge in [-0.2, -0.15) is 5.10 Å². The maximum absolute atomic E-state index is 12.3. The molecule has 0 unspecified atom stereocenters. The van der Waals surface area contributed by atoms with Crippen LogP contribution in [0.5, 0.6) is 0 Å². The minimum absolute atomic E-state index is 0.121. The lowest BCUT2D eigenvalue weighted by molar-refractivity contribution is -0.121. The van der Waals surface area contributed by atoms with Crippen molar-refractivity contribution in [2.45, 2.75) is 96.8 Å². The molecule has 1 heterocycles. The number of hydrazone groups is 1. The zero-order valence-electron chi connectivity index (χ0n) is 19.0. The summed E-state index contributed by atoms with van der Waals surface area (Å²) >= 11 is 0. The van der Waals surface area contributed by atoms with Crippen LogP contribution in [-0.2, 0) is 4.79 Å². The SMILES string of the molecule is CCCCCCCCCCCCCCCC(=O)N/N=C/c1coc2ccccc2c1=O. The van der Waals surface area contributed by atoms with Gasteiger partial charge in [0.25, 0.3) is 0 Å². The average Bonchev–Trinajstić information content (AvgIpc) is 2.78. The van der Waals surface area contributed by atoms with Gasteiger partial charge in [0.15, 0.2) is 0 Å². The van der Waals surface area contributed by atoms with E-state index in [0.717, 1.165) is 12.8 Å². The summed E-state index contributed by atoms with van der Waals surface area (Å²) in [7, 11) is 0.